The number of nitrogens with zero attached hydrogens (tertiary/aromatic N) is 1. The van der Waals surface area contributed by atoms with Gasteiger partial charge in [0.05, 0.1) is 0 Å². The fourth-order valence-corrected chi connectivity index (χ4v) is 1.83. The van der Waals surface area contributed by atoms with Crippen molar-refractivity contribution in [2.24, 2.45) is 11.7 Å². The highest BCUT2D eigenvalue weighted by Gasteiger charge is 2.16. The largest absolute Gasteiger partial charge is 0.330 e. The molecule has 0 aromatic heterocycles. The Balaban J connectivity index is 2.20. The van der Waals surface area contributed by atoms with Crippen molar-refractivity contribution in [1.29, 1.82) is 0 Å². The fourth-order valence-electron chi connectivity index (χ4n) is 1.83. The van der Waals surface area contributed by atoms with E-state index < -0.39 is 0 Å². The van der Waals surface area contributed by atoms with Crippen LogP contribution in [0.5, 0.6) is 0 Å². The van der Waals surface area contributed by atoms with Gasteiger partial charge in [0, 0.05) is 19.0 Å². The minimum atomic E-state index is 0.0791. The summed E-state index contributed by atoms with van der Waals surface area (Å²) >= 11 is 0. The summed E-state index contributed by atoms with van der Waals surface area (Å²) in [4.78, 5) is 11.7. The van der Waals surface area contributed by atoms with Gasteiger partial charge in [0.2, 0.25) is 5.91 Å². The van der Waals surface area contributed by atoms with Crippen LogP contribution in [-0.4, -0.2) is 30.6 Å². The first-order valence-electron chi connectivity index (χ1n) is 5.99. The molecule has 0 saturated carbocycles. The molecule has 4 heteroatoms. The Kier molecular flexibility index (Phi) is 5.65. The predicted molar refractivity (Wildman–Crippen MR) is 61.0 cm³/mol. The normalized spacial score (nSPS) is 19.9. The molecule has 0 aromatic carbocycles. The van der Waals surface area contributed by atoms with E-state index in [9.17, 15) is 4.79 Å². The monoisotopic (exact) mass is 213 g/mol. The molecule has 1 rings (SSSR count). The van der Waals surface area contributed by atoms with Crippen molar-refractivity contribution < 1.29 is 4.79 Å². The quantitative estimate of drug-likeness (QED) is 0.712. The van der Waals surface area contributed by atoms with Crippen LogP contribution in [0.15, 0.2) is 0 Å². The molecule has 1 amide bonds. The van der Waals surface area contributed by atoms with E-state index in [0.717, 1.165) is 25.9 Å². The highest BCUT2D eigenvalue weighted by molar-refractivity contribution is 5.77. The van der Waals surface area contributed by atoms with Gasteiger partial charge in [-0.3, -0.25) is 10.2 Å². The van der Waals surface area contributed by atoms with Crippen LogP contribution in [0, 0.1) is 5.92 Å². The van der Waals surface area contributed by atoms with Crippen molar-refractivity contribution in [3.63, 3.8) is 0 Å². The standard InChI is InChI=1S/C11H23N3O/c1-10(6-5-7-12)11(15)13-14-8-3-2-4-9-14/h10H,2-9,12H2,1H3,(H,13,15). The molecule has 1 fully saturated rings. The van der Waals surface area contributed by atoms with Gasteiger partial charge in [0.25, 0.3) is 0 Å². The lowest BCUT2D eigenvalue weighted by Gasteiger charge is -2.28. The van der Waals surface area contributed by atoms with Gasteiger partial charge in [-0.2, -0.15) is 0 Å². The van der Waals surface area contributed by atoms with Gasteiger partial charge in [-0.05, 0) is 32.2 Å². The fraction of sp³-hybridized carbons (Fsp3) is 0.909. The molecule has 4 nitrogen and oxygen atoms in total. The number of piperidine rings is 1. The third kappa shape index (κ3) is 4.62. The topological polar surface area (TPSA) is 58.4 Å². The number of hydrogen-bond donors (Lipinski definition) is 2. The van der Waals surface area contributed by atoms with Gasteiger partial charge in [-0.25, -0.2) is 5.01 Å². The minimum absolute atomic E-state index is 0.0791. The van der Waals surface area contributed by atoms with Gasteiger partial charge in [0.15, 0.2) is 0 Å². The molecule has 1 unspecified atom stereocenters. The van der Waals surface area contributed by atoms with Crippen LogP contribution in [0.3, 0.4) is 0 Å². The first kappa shape index (κ1) is 12.5. The van der Waals surface area contributed by atoms with Crippen LogP contribution < -0.4 is 11.2 Å². The van der Waals surface area contributed by atoms with Crippen molar-refractivity contribution in [1.82, 2.24) is 10.4 Å². The summed E-state index contributed by atoms with van der Waals surface area (Å²) in [7, 11) is 0. The van der Waals surface area contributed by atoms with E-state index >= 15 is 0 Å². The lowest BCUT2D eigenvalue weighted by Crippen LogP contribution is -2.46. The Morgan fingerprint density at radius 3 is 2.67 bits per heavy atom. The van der Waals surface area contributed by atoms with Gasteiger partial charge in [0.1, 0.15) is 0 Å². The van der Waals surface area contributed by atoms with E-state index in [2.05, 4.69) is 5.43 Å². The average Bonchev–Trinajstić information content (AvgIpc) is 2.27. The van der Waals surface area contributed by atoms with E-state index in [-0.39, 0.29) is 11.8 Å². The molecule has 0 radical (unpaired) electrons. The number of carbonyl (C=O) groups excluding carboxylic acids is 1. The first-order valence-corrected chi connectivity index (χ1v) is 5.99. The number of rotatable bonds is 5. The Morgan fingerprint density at radius 2 is 2.07 bits per heavy atom. The van der Waals surface area contributed by atoms with Gasteiger partial charge in [-0.15, -0.1) is 0 Å². The van der Waals surface area contributed by atoms with Gasteiger partial charge >= 0.3 is 0 Å². The maximum Gasteiger partial charge on any atom is 0.237 e. The zero-order valence-electron chi connectivity index (χ0n) is 9.67. The molecule has 15 heavy (non-hydrogen) atoms. The summed E-state index contributed by atoms with van der Waals surface area (Å²) in [5, 5.41) is 2.05. The molecule has 1 heterocycles. The summed E-state index contributed by atoms with van der Waals surface area (Å²) < 4.78 is 0. The molecule has 1 atom stereocenters. The molecule has 0 aliphatic carbocycles. The highest BCUT2D eigenvalue weighted by Crippen LogP contribution is 2.08. The summed E-state index contributed by atoms with van der Waals surface area (Å²) in [6, 6.07) is 0. The van der Waals surface area contributed by atoms with E-state index in [0.29, 0.717) is 6.54 Å². The van der Waals surface area contributed by atoms with E-state index in [1.54, 1.807) is 0 Å². The lowest BCUT2D eigenvalue weighted by molar-refractivity contribution is -0.130. The van der Waals surface area contributed by atoms with Crippen LogP contribution in [0.1, 0.15) is 39.0 Å². The number of hydrogen-bond acceptors (Lipinski definition) is 3. The molecule has 1 aliphatic heterocycles. The van der Waals surface area contributed by atoms with Gasteiger partial charge < -0.3 is 5.73 Å². The number of carbonyl (C=O) groups is 1. The molecule has 0 bridgehead atoms. The zero-order chi connectivity index (χ0) is 11.1. The number of nitrogens with two attached hydrogens (primary N) is 1. The number of hydrazine groups is 1. The smallest absolute Gasteiger partial charge is 0.237 e. The van der Waals surface area contributed by atoms with E-state index in [4.69, 9.17) is 5.73 Å². The predicted octanol–water partition coefficient (Wildman–Crippen LogP) is 0.879. The second-order valence-electron chi connectivity index (χ2n) is 4.36. The first-order chi connectivity index (χ1) is 7.24. The highest BCUT2D eigenvalue weighted by atomic mass is 16.2. The summed E-state index contributed by atoms with van der Waals surface area (Å²) in [6.45, 7) is 4.63. The maximum atomic E-state index is 11.7. The Morgan fingerprint density at radius 1 is 1.40 bits per heavy atom. The third-order valence-corrected chi connectivity index (χ3v) is 2.91. The van der Waals surface area contributed by atoms with Crippen LogP contribution in [-0.2, 0) is 4.79 Å². The molecule has 3 N–H and O–H groups in total. The van der Waals surface area contributed by atoms with Crippen LogP contribution in [0.25, 0.3) is 0 Å². The van der Waals surface area contributed by atoms with Crippen molar-refractivity contribution >= 4 is 5.91 Å². The van der Waals surface area contributed by atoms with E-state index in [1.165, 1.54) is 19.3 Å². The molecule has 0 spiro atoms. The van der Waals surface area contributed by atoms with Gasteiger partial charge in [-0.1, -0.05) is 13.3 Å². The van der Waals surface area contributed by atoms with Crippen molar-refractivity contribution in [2.75, 3.05) is 19.6 Å². The summed E-state index contributed by atoms with van der Waals surface area (Å²) in [5.41, 5.74) is 8.40. The van der Waals surface area contributed by atoms with Crippen LogP contribution in [0.4, 0.5) is 0 Å². The Hall–Kier alpha value is -0.610. The SMILES string of the molecule is CC(CCCN)C(=O)NN1CCCCC1. The third-order valence-electron chi connectivity index (χ3n) is 2.91. The molecule has 0 aromatic rings. The Bertz CT molecular complexity index is 190. The van der Waals surface area contributed by atoms with Crippen molar-refractivity contribution in [3.05, 3.63) is 0 Å². The van der Waals surface area contributed by atoms with Crippen molar-refractivity contribution in [3.8, 4) is 0 Å². The number of nitrogens with one attached hydrogen (secondary N) is 1. The Labute approximate surface area is 92.2 Å². The molecular formula is C11H23N3O. The molecule has 88 valence electrons. The maximum absolute atomic E-state index is 11.7. The minimum Gasteiger partial charge on any atom is -0.330 e. The van der Waals surface area contributed by atoms with Crippen LogP contribution >= 0.6 is 0 Å². The summed E-state index contributed by atoms with van der Waals surface area (Å²) in [5.74, 6) is 0.223. The molecular weight excluding hydrogens is 190 g/mol. The number of amides is 1. The van der Waals surface area contributed by atoms with E-state index in [1.807, 2.05) is 11.9 Å². The molecule has 1 saturated heterocycles. The average molecular weight is 213 g/mol. The molecule has 1 aliphatic rings. The van der Waals surface area contributed by atoms with Crippen molar-refractivity contribution in [2.45, 2.75) is 39.0 Å². The lowest BCUT2D eigenvalue weighted by atomic mass is 10.1. The summed E-state index contributed by atoms with van der Waals surface area (Å²) in [6.07, 6.45) is 5.48. The zero-order valence-corrected chi connectivity index (χ0v) is 9.67. The second-order valence-corrected chi connectivity index (χ2v) is 4.36. The van der Waals surface area contributed by atoms with Crippen LogP contribution in [0.2, 0.25) is 0 Å². The second kappa shape index (κ2) is 6.80.